The lowest BCUT2D eigenvalue weighted by molar-refractivity contribution is -0.00132. The van der Waals surface area contributed by atoms with Crippen molar-refractivity contribution < 1.29 is 0 Å². The molecule has 4 heteroatoms. The van der Waals surface area contributed by atoms with E-state index in [2.05, 4.69) is 59.4 Å². The molecule has 2 heterocycles. The molecule has 0 amide bonds. The molecule has 4 aliphatic rings. The lowest BCUT2D eigenvalue weighted by Crippen LogP contribution is -2.48. The Morgan fingerprint density at radius 2 is 2.21 bits per heavy atom. The third kappa shape index (κ3) is 1.92. The lowest BCUT2D eigenvalue weighted by atomic mass is 9.49. The van der Waals surface area contributed by atoms with Gasteiger partial charge in [0.1, 0.15) is 6.34 Å². The monoisotopic (exact) mass is 318 g/mol. The minimum absolute atomic E-state index is 0.441. The fraction of sp³-hybridized carbons (Fsp3) is 0.400. The van der Waals surface area contributed by atoms with Crippen LogP contribution in [-0.2, 0) is 6.54 Å². The number of para-hydroxylation sites is 1. The van der Waals surface area contributed by atoms with Crippen LogP contribution in [0.4, 0.5) is 5.69 Å². The topological polar surface area (TPSA) is 43.8 Å². The molecule has 24 heavy (non-hydrogen) atoms. The fourth-order valence-corrected chi connectivity index (χ4v) is 4.53. The smallest absolute Gasteiger partial charge is 0.113 e. The van der Waals surface area contributed by atoms with Crippen LogP contribution in [0.2, 0.25) is 0 Å². The number of aromatic amines is 1. The molecule has 4 nitrogen and oxygen atoms in total. The van der Waals surface area contributed by atoms with Crippen molar-refractivity contribution in [2.45, 2.75) is 33.2 Å². The van der Waals surface area contributed by atoms with E-state index in [0.717, 1.165) is 29.4 Å². The molecule has 0 spiro atoms. The maximum Gasteiger partial charge on any atom is 0.113 e. The highest BCUT2D eigenvalue weighted by molar-refractivity contribution is 5.95. The van der Waals surface area contributed by atoms with E-state index in [1.807, 2.05) is 17.4 Å². The van der Waals surface area contributed by atoms with Gasteiger partial charge < -0.3 is 4.98 Å². The van der Waals surface area contributed by atoms with E-state index in [1.54, 1.807) is 0 Å². The second kappa shape index (κ2) is 4.82. The quantitative estimate of drug-likeness (QED) is 0.807. The first-order valence-electron chi connectivity index (χ1n) is 8.77. The highest BCUT2D eigenvalue weighted by atomic mass is 15.5. The van der Waals surface area contributed by atoms with E-state index in [0.29, 0.717) is 11.3 Å². The number of H-pyrrole nitrogens is 1. The van der Waals surface area contributed by atoms with Crippen LogP contribution in [0, 0.1) is 17.3 Å². The molecule has 6 rings (SSSR count). The van der Waals surface area contributed by atoms with Gasteiger partial charge in [-0.3, -0.25) is 0 Å². The second-order valence-corrected chi connectivity index (χ2v) is 7.83. The number of hydrogen-bond donors (Lipinski definition) is 1. The summed E-state index contributed by atoms with van der Waals surface area (Å²) in [5, 5.41) is 7.80. The Morgan fingerprint density at radius 1 is 1.33 bits per heavy atom. The van der Waals surface area contributed by atoms with Crippen molar-refractivity contribution in [1.82, 2.24) is 9.99 Å². The molecule has 0 radical (unpaired) electrons. The molecule has 1 aromatic carbocycles. The summed E-state index contributed by atoms with van der Waals surface area (Å²) in [5.74, 6) is 1.54. The van der Waals surface area contributed by atoms with E-state index < -0.39 is 0 Å². The van der Waals surface area contributed by atoms with Gasteiger partial charge in [0.05, 0.1) is 24.1 Å². The van der Waals surface area contributed by atoms with Gasteiger partial charge in [-0.25, -0.2) is 10.0 Å². The Kier molecular flexibility index (Phi) is 2.82. The van der Waals surface area contributed by atoms with Crippen molar-refractivity contribution in [3.8, 4) is 0 Å². The van der Waals surface area contributed by atoms with Gasteiger partial charge in [0.2, 0.25) is 0 Å². The van der Waals surface area contributed by atoms with Crippen molar-refractivity contribution in [1.29, 1.82) is 0 Å². The van der Waals surface area contributed by atoms with Gasteiger partial charge in [0.15, 0.2) is 0 Å². The van der Waals surface area contributed by atoms with Crippen LogP contribution in [0.5, 0.6) is 0 Å². The third-order valence-electron chi connectivity index (χ3n) is 6.26. The van der Waals surface area contributed by atoms with Crippen LogP contribution < -0.4 is 0 Å². The number of aromatic nitrogens is 1. The number of nitrogens with zero attached hydrogens (tertiary/aromatic N) is 3. The molecular formula is C20H22N4. The molecule has 3 aliphatic carbocycles. The van der Waals surface area contributed by atoms with Gasteiger partial charge >= 0.3 is 0 Å². The first-order chi connectivity index (χ1) is 11.6. The van der Waals surface area contributed by atoms with Crippen molar-refractivity contribution in [3.63, 3.8) is 0 Å². The van der Waals surface area contributed by atoms with E-state index in [4.69, 9.17) is 0 Å². The Bertz CT molecular complexity index is 899. The Labute approximate surface area is 142 Å². The predicted molar refractivity (Wildman–Crippen MR) is 98.6 cm³/mol. The highest BCUT2D eigenvalue weighted by Gasteiger charge is 2.50. The van der Waals surface area contributed by atoms with Gasteiger partial charge in [-0.15, -0.1) is 0 Å². The van der Waals surface area contributed by atoms with Gasteiger partial charge in [0, 0.05) is 10.9 Å². The molecule has 1 aromatic heterocycles. The number of hydrazone groups is 1. The normalized spacial score (nSPS) is 27.2. The number of benzene rings is 1. The molecule has 1 fully saturated rings. The number of rotatable bonds is 2. The van der Waals surface area contributed by atoms with Crippen LogP contribution in [0.1, 0.15) is 32.4 Å². The largest absolute Gasteiger partial charge is 0.355 e. The average Bonchev–Trinajstić information content (AvgIpc) is 2.97. The van der Waals surface area contributed by atoms with E-state index in [-0.39, 0.29) is 0 Å². The molecule has 122 valence electrons. The second-order valence-electron chi connectivity index (χ2n) is 7.83. The summed E-state index contributed by atoms with van der Waals surface area (Å²) in [6.07, 6.45) is 8.80. The molecule has 1 N–H and O–H groups in total. The van der Waals surface area contributed by atoms with E-state index in [1.165, 1.54) is 23.8 Å². The minimum Gasteiger partial charge on any atom is -0.355 e. The zero-order chi connectivity index (χ0) is 16.3. The minimum atomic E-state index is 0.441. The van der Waals surface area contributed by atoms with Crippen molar-refractivity contribution >= 4 is 29.1 Å². The van der Waals surface area contributed by atoms with Crippen LogP contribution in [-0.4, -0.2) is 22.5 Å². The number of nitrogens with one attached hydrogen (secondary N) is 1. The fourth-order valence-electron chi connectivity index (χ4n) is 4.53. The SMILES string of the molecule is CC1(C)[C@H]2CC=C(/C=N\N3C=Nc4c([nH]c5ccccc45)C3)[C@H]1C2. The standard InChI is InChI=1S/C20H22N4/c1-20(2)14-8-7-13(16(20)9-14)10-22-24-11-18-19(21-12-24)15-5-3-4-6-17(15)23-18/h3-7,10,12,14,16,23H,8-9,11H2,1-2H3/b22-10-/t14-,16+/m0/s1. The molecule has 2 atom stereocenters. The molecule has 0 unspecified atom stereocenters. The molecule has 1 aliphatic heterocycles. The summed E-state index contributed by atoms with van der Waals surface area (Å²) in [7, 11) is 0. The average molecular weight is 318 g/mol. The van der Waals surface area contributed by atoms with Crippen LogP contribution >= 0.6 is 0 Å². The number of fused-ring (bicyclic) bond motifs is 4. The first kappa shape index (κ1) is 14.0. The Hall–Kier alpha value is -2.36. The third-order valence-corrected chi connectivity index (χ3v) is 6.26. The number of hydrogen-bond acceptors (Lipinski definition) is 3. The zero-order valence-corrected chi connectivity index (χ0v) is 14.2. The Morgan fingerprint density at radius 3 is 3.04 bits per heavy atom. The van der Waals surface area contributed by atoms with Gasteiger partial charge in [-0.2, -0.15) is 5.10 Å². The molecule has 0 saturated heterocycles. The number of aliphatic imine (C=N–C) groups is 1. The van der Waals surface area contributed by atoms with Crippen LogP contribution in [0.25, 0.3) is 10.9 Å². The summed E-state index contributed by atoms with van der Waals surface area (Å²) < 4.78 is 0. The number of allylic oxidation sites excluding steroid dienone is 2. The van der Waals surface area contributed by atoms with Crippen LogP contribution in [0.15, 0.2) is 46.0 Å². The van der Waals surface area contributed by atoms with E-state index in [9.17, 15) is 0 Å². The summed E-state index contributed by atoms with van der Waals surface area (Å²) in [5.41, 5.74) is 5.17. The first-order valence-corrected chi connectivity index (χ1v) is 8.77. The van der Waals surface area contributed by atoms with Crippen molar-refractivity contribution in [2.75, 3.05) is 0 Å². The van der Waals surface area contributed by atoms with Gasteiger partial charge in [0.25, 0.3) is 0 Å². The van der Waals surface area contributed by atoms with E-state index >= 15 is 0 Å². The summed E-state index contributed by atoms with van der Waals surface area (Å²) in [4.78, 5) is 8.09. The summed E-state index contributed by atoms with van der Waals surface area (Å²) >= 11 is 0. The van der Waals surface area contributed by atoms with Crippen molar-refractivity contribution in [2.24, 2.45) is 27.3 Å². The summed E-state index contributed by atoms with van der Waals surface area (Å²) in [6.45, 7) is 5.53. The predicted octanol–water partition coefficient (Wildman–Crippen LogP) is 4.62. The maximum absolute atomic E-state index is 4.69. The highest BCUT2D eigenvalue weighted by Crippen LogP contribution is 2.58. The maximum atomic E-state index is 4.69. The van der Waals surface area contributed by atoms with Crippen LogP contribution in [0.3, 0.4) is 0 Å². The van der Waals surface area contributed by atoms with Gasteiger partial charge in [-0.05, 0) is 41.7 Å². The zero-order valence-electron chi connectivity index (χ0n) is 14.2. The molecule has 1 saturated carbocycles. The summed E-state index contributed by atoms with van der Waals surface area (Å²) in [6, 6.07) is 8.31. The molecular weight excluding hydrogens is 296 g/mol. The lowest BCUT2D eigenvalue weighted by Gasteiger charge is -2.55. The molecule has 2 bridgehead atoms. The molecule has 2 aromatic rings. The Balaban J connectivity index is 1.38. The van der Waals surface area contributed by atoms with Gasteiger partial charge in [-0.1, -0.05) is 38.1 Å². The van der Waals surface area contributed by atoms with Crippen molar-refractivity contribution in [3.05, 3.63) is 41.6 Å².